The van der Waals surface area contributed by atoms with Gasteiger partial charge in [0.25, 0.3) is 0 Å². The number of hydrogen-bond donors (Lipinski definition) is 0. The molecule has 130 valence electrons. The molecule has 2 unspecified atom stereocenters. The highest BCUT2D eigenvalue weighted by molar-refractivity contribution is 5.77. The normalized spacial score (nSPS) is 27.8. The van der Waals surface area contributed by atoms with Gasteiger partial charge in [0, 0.05) is 57.6 Å². The van der Waals surface area contributed by atoms with Gasteiger partial charge in [-0.25, -0.2) is 9.97 Å². The summed E-state index contributed by atoms with van der Waals surface area (Å²) in [7, 11) is 0. The summed E-state index contributed by atoms with van der Waals surface area (Å²) in [6.45, 7) is 9.96. The Kier molecular flexibility index (Phi) is 4.37. The zero-order valence-electron chi connectivity index (χ0n) is 14.2. The van der Waals surface area contributed by atoms with Crippen LogP contribution in [0, 0.1) is 18.8 Å². The number of anilines is 1. The Morgan fingerprint density at radius 3 is 2.71 bits per heavy atom. The first kappa shape index (κ1) is 15.8. The van der Waals surface area contributed by atoms with Crippen LogP contribution >= 0.6 is 0 Å². The molecule has 4 heterocycles. The van der Waals surface area contributed by atoms with E-state index < -0.39 is 0 Å². The van der Waals surface area contributed by atoms with Crippen molar-refractivity contribution >= 4 is 11.7 Å². The molecule has 0 spiro atoms. The number of aryl methyl sites for hydroxylation is 1. The highest BCUT2D eigenvalue weighted by atomic mass is 16.5. The molecule has 7 nitrogen and oxygen atoms in total. The van der Waals surface area contributed by atoms with Crippen molar-refractivity contribution in [3.8, 4) is 0 Å². The number of hydrogen-bond acceptors (Lipinski definition) is 6. The summed E-state index contributed by atoms with van der Waals surface area (Å²) >= 11 is 0. The van der Waals surface area contributed by atoms with Crippen molar-refractivity contribution in [2.45, 2.75) is 6.92 Å². The zero-order valence-corrected chi connectivity index (χ0v) is 14.2. The molecule has 3 saturated heterocycles. The summed E-state index contributed by atoms with van der Waals surface area (Å²) in [6.07, 6.45) is 3.53. The molecule has 0 aromatic carbocycles. The van der Waals surface area contributed by atoms with Gasteiger partial charge >= 0.3 is 0 Å². The maximum Gasteiger partial charge on any atom is 0.248 e. The van der Waals surface area contributed by atoms with Crippen molar-refractivity contribution in [1.82, 2.24) is 19.8 Å². The van der Waals surface area contributed by atoms with Gasteiger partial charge in [0.15, 0.2) is 0 Å². The molecule has 0 saturated carbocycles. The number of carbonyl (C=O) groups excluding carboxylic acids is 1. The average molecular weight is 331 g/mol. The molecular weight excluding hydrogens is 306 g/mol. The molecule has 3 fully saturated rings. The van der Waals surface area contributed by atoms with Gasteiger partial charge in [-0.15, -0.1) is 0 Å². The highest BCUT2D eigenvalue weighted by Crippen LogP contribution is 2.33. The first-order valence-electron chi connectivity index (χ1n) is 8.80. The first-order valence-corrected chi connectivity index (χ1v) is 8.80. The van der Waals surface area contributed by atoms with Gasteiger partial charge in [0.1, 0.15) is 18.8 Å². The van der Waals surface area contributed by atoms with E-state index in [1.807, 2.05) is 11.1 Å². The standard InChI is InChI=1S/C17H25N5O2/c1-13-6-18-12-19-17(13)22-9-14-7-20(8-15(14)10-22)2-3-21-4-5-24-11-16(21)23/h6,12,14-15H,2-5,7-11H2,1H3. The van der Waals surface area contributed by atoms with Gasteiger partial charge in [0.2, 0.25) is 5.91 Å². The monoisotopic (exact) mass is 331 g/mol. The summed E-state index contributed by atoms with van der Waals surface area (Å²) in [4.78, 5) is 27.2. The molecule has 0 radical (unpaired) electrons. The summed E-state index contributed by atoms with van der Waals surface area (Å²) in [6, 6.07) is 0. The van der Waals surface area contributed by atoms with Crippen LogP contribution in [0.25, 0.3) is 0 Å². The molecule has 1 aromatic rings. The molecule has 1 amide bonds. The fourth-order valence-electron chi connectivity index (χ4n) is 4.22. The summed E-state index contributed by atoms with van der Waals surface area (Å²) < 4.78 is 5.19. The van der Waals surface area contributed by atoms with Crippen molar-refractivity contribution in [2.75, 3.05) is 63.9 Å². The van der Waals surface area contributed by atoms with Crippen molar-refractivity contribution in [2.24, 2.45) is 11.8 Å². The van der Waals surface area contributed by atoms with E-state index in [-0.39, 0.29) is 12.5 Å². The van der Waals surface area contributed by atoms with E-state index in [4.69, 9.17) is 4.74 Å². The number of amides is 1. The van der Waals surface area contributed by atoms with Gasteiger partial charge in [-0.05, 0) is 18.8 Å². The molecule has 4 rings (SSSR count). The van der Waals surface area contributed by atoms with Crippen molar-refractivity contribution in [1.29, 1.82) is 0 Å². The summed E-state index contributed by atoms with van der Waals surface area (Å²) in [5, 5.41) is 0. The molecule has 0 aliphatic carbocycles. The van der Waals surface area contributed by atoms with Crippen LogP contribution in [0.1, 0.15) is 5.56 Å². The molecule has 2 atom stereocenters. The third kappa shape index (κ3) is 3.10. The van der Waals surface area contributed by atoms with Crippen LogP contribution in [-0.2, 0) is 9.53 Å². The molecule has 1 aromatic heterocycles. The lowest BCUT2D eigenvalue weighted by Crippen LogP contribution is -2.45. The van der Waals surface area contributed by atoms with Gasteiger partial charge in [-0.3, -0.25) is 4.79 Å². The molecular formula is C17H25N5O2. The van der Waals surface area contributed by atoms with E-state index in [0.717, 1.165) is 57.2 Å². The molecule has 0 bridgehead atoms. The Hall–Kier alpha value is -1.73. The first-order chi connectivity index (χ1) is 11.7. The second-order valence-electron chi connectivity index (χ2n) is 7.15. The smallest absolute Gasteiger partial charge is 0.248 e. The lowest BCUT2D eigenvalue weighted by molar-refractivity contribution is -0.142. The maximum atomic E-state index is 11.8. The van der Waals surface area contributed by atoms with Crippen LogP contribution in [0.2, 0.25) is 0 Å². The van der Waals surface area contributed by atoms with E-state index in [9.17, 15) is 4.79 Å². The number of ether oxygens (including phenoxy) is 1. The minimum Gasteiger partial charge on any atom is -0.370 e. The number of rotatable bonds is 4. The Balaban J connectivity index is 1.28. The lowest BCUT2D eigenvalue weighted by atomic mass is 10.0. The van der Waals surface area contributed by atoms with Gasteiger partial charge in [-0.2, -0.15) is 0 Å². The van der Waals surface area contributed by atoms with E-state index in [1.54, 1.807) is 6.33 Å². The third-order valence-corrected chi connectivity index (χ3v) is 5.50. The van der Waals surface area contributed by atoms with Crippen LogP contribution in [-0.4, -0.2) is 84.7 Å². The quantitative estimate of drug-likeness (QED) is 0.775. The predicted octanol–water partition coefficient (Wildman–Crippen LogP) is 0.0118. The zero-order chi connectivity index (χ0) is 16.5. The lowest BCUT2D eigenvalue weighted by Gasteiger charge is -2.29. The number of likely N-dealkylation sites (tertiary alicyclic amines) is 1. The van der Waals surface area contributed by atoms with Gasteiger partial charge < -0.3 is 19.4 Å². The second-order valence-corrected chi connectivity index (χ2v) is 7.15. The highest BCUT2D eigenvalue weighted by Gasteiger charge is 2.40. The molecule has 0 N–H and O–H groups in total. The molecule has 24 heavy (non-hydrogen) atoms. The molecule has 7 heteroatoms. The summed E-state index contributed by atoms with van der Waals surface area (Å²) in [5.74, 6) is 2.63. The van der Waals surface area contributed by atoms with Crippen LogP contribution in [0.4, 0.5) is 5.82 Å². The van der Waals surface area contributed by atoms with E-state index in [1.165, 1.54) is 0 Å². The van der Waals surface area contributed by atoms with E-state index >= 15 is 0 Å². The SMILES string of the molecule is Cc1cncnc1N1CC2CN(CCN3CCOCC3=O)CC2C1. The largest absolute Gasteiger partial charge is 0.370 e. The number of nitrogens with zero attached hydrogens (tertiary/aromatic N) is 5. The van der Waals surface area contributed by atoms with Crippen molar-refractivity contribution in [3.05, 3.63) is 18.1 Å². The van der Waals surface area contributed by atoms with Crippen LogP contribution in [0.5, 0.6) is 0 Å². The van der Waals surface area contributed by atoms with Crippen molar-refractivity contribution < 1.29 is 9.53 Å². The maximum absolute atomic E-state index is 11.8. The molecule has 3 aliphatic heterocycles. The topological polar surface area (TPSA) is 61.8 Å². The van der Waals surface area contributed by atoms with Crippen molar-refractivity contribution in [3.63, 3.8) is 0 Å². The Morgan fingerprint density at radius 2 is 2.00 bits per heavy atom. The Bertz CT molecular complexity index is 596. The minimum atomic E-state index is 0.131. The minimum absolute atomic E-state index is 0.131. The van der Waals surface area contributed by atoms with Crippen LogP contribution in [0.15, 0.2) is 12.5 Å². The summed E-state index contributed by atoms with van der Waals surface area (Å²) in [5.41, 5.74) is 1.15. The number of aromatic nitrogens is 2. The fourth-order valence-corrected chi connectivity index (χ4v) is 4.22. The van der Waals surface area contributed by atoms with E-state index in [2.05, 4.69) is 26.7 Å². The van der Waals surface area contributed by atoms with E-state index in [0.29, 0.717) is 18.4 Å². The Labute approximate surface area is 142 Å². The number of morpholine rings is 1. The number of fused-ring (bicyclic) bond motifs is 1. The third-order valence-electron chi connectivity index (χ3n) is 5.50. The molecule has 3 aliphatic rings. The average Bonchev–Trinajstić information content (AvgIpc) is 3.13. The number of carbonyl (C=O) groups is 1. The fraction of sp³-hybridized carbons (Fsp3) is 0.706. The Morgan fingerprint density at radius 1 is 1.21 bits per heavy atom. The second kappa shape index (κ2) is 6.64. The van der Waals surface area contributed by atoms with Crippen LogP contribution in [0.3, 0.4) is 0 Å². The van der Waals surface area contributed by atoms with Gasteiger partial charge in [-0.1, -0.05) is 0 Å². The predicted molar refractivity (Wildman–Crippen MR) is 89.8 cm³/mol. The van der Waals surface area contributed by atoms with Crippen LogP contribution < -0.4 is 4.90 Å². The van der Waals surface area contributed by atoms with Gasteiger partial charge in [0.05, 0.1) is 6.61 Å².